The Hall–Kier alpha value is -1.86. The van der Waals surface area contributed by atoms with Crippen molar-refractivity contribution in [3.8, 4) is 5.75 Å². The van der Waals surface area contributed by atoms with Crippen molar-refractivity contribution < 1.29 is 14.3 Å². The Bertz CT molecular complexity index is 632. The van der Waals surface area contributed by atoms with Gasteiger partial charge in [0.1, 0.15) is 5.75 Å². The van der Waals surface area contributed by atoms with Crippen molar-refractivity contribution in [1.82, 2.24) is 16.2 Å². The van der Waals surface area contributed by atoms with Crippen molar-refractivity contribution in [1.29, 1.82) is 0 Å². The van der Waals surface area contributed by atoms with E-state index in [1.54, 1.807) is 6.92 Å². The van der Waals surface area contributed by atoms with E-state index >= 15 is 0 Å². The van der Waals surface area contributed by atoms with Crippen LogP contribution in [0, 0.1) is 0 Å². The van der Waals surface area contributed by atoms with Crippen LogP contribution in [0.25, 0.3) is 0 Å². The summed E-state index contributed by atoms with van der Waals surface area (Å²) in [7, 11) is 0. The molecule has 2 aliphatic rings. The zero-order chi connectivity index (χ0) is 17.6. The summed E-state index contributed by atoms with van der Waals surface area (Å²) in [4.78, 5) is 12.1. The second kappa shape index (κ2) is 8.49. The third-order valence-electron chi connectivity index (χ3n) is 4.57. The van der Waals surface area contributed by atoms with Gasteiger partial charge < -0.3 is 14.8 Å². The van der Waals surface area contributed by atoms with E-state index in [0.29, 0.717) is 11.7 Å². The summed E-state index contributed by atoms with van der Waals surface area (Å²) < 4.78 is 11.2. The van der Waals surface area contributed by atoms with Crippen molar-refractivity contribution in [2.45, 2.75) is 51.2 Å². The molecule has 1 heterocycles. The fourth-order valence-electron chi connectivity index (χ4n) is 3.16. The van der Waals surface area contributed by atoms with Gasteiger partial charge in [0.15, 0.2) is 11.2 Å². The van der Waals surface area contributed by atoms with E-state index in [0.717, 1.165) is 38.0 Å². The number of rotatable bonds is 5. The van der Waals surface area contributed by atoms with Crippen LogP contribution < -0.4 is 20.9 Å². The molecule has 1 amide bonds. The van der Waals surface area contributed by atoms with Crippen LogP contribution in [0.2, 0.25) is 0 Å². The highest BCUT2D eigenvalue weighted by molar-refractivity contribution is 7.80. The van der Waals surface area contributed by atoms with Gasteiger partial charge in [-0.2, -0.15) is 0 Å². The fraction of sp³-hybridized carbons (Fsp3) is 0.556. The molecule has 3 N–H and O–H groups in total. The molecular weight excluding hydrogens is 338 g/mol. The normalized spacial score (nSPS) is 19.8. The van der Waals surface area contributed by atoms with Gasteiger partial charge in [0.05, 0.1) is 6.10 Å². The number of hydrogen-bond acceptors (Lipinski definition) is 4. The molecule has 136 valence electrons. The SMILES string of the molecule is C[C@H](Oc1ccc2c(c1)CCC2)C(=O)NNC(=S)NC[C@@H]1CCCO1. The van der Waals surface area contributed by atoms with E-state index in [4.69, 9.17) is 21.7 Å². The number of aryl methyl sites for hydroxylation is 2. The van der Waals surface area contributed by atoms with Gasteiger partial charge in [0.25, 0.3) is 5.91 Å². The smallest absolute Gasteiger partial charge is 0.279 e. The van der Waals surface area contributed by atoms with Gasteiger partial charge in [-0.25, -0.2) is 0 Å². The van der Waals surface area contributed by atoms with E-state index in [2.05, 4.69) is 22.2 Å². The highest BCUT2D eigenvalue weighted by Gasteiger charge is 2.18. The van der Waals surface area contributed by atoms with Crippen LogP contribution in [0.1, 0.15) is 37.3 Å². The lowest BCUT2D eigenvalue weighted by Crippen LogP contribution is -2.51. The Kier molecular flexibility index (Phi) is 6.09. The summed E-state index contributed by atoms with van der Waals surface area (Å²) >= 11 is 5.14. The van der Waals surface area contributed by atoms with Crippen LogP contribution >= 0.6 is 12.2 Å². The van der Waals surface area contributed by atoms with Gasteiger partial charge in [-0.05, 0) is 74.5 Å². The lowest BCUT2D eigenvalue weighted by Gasteiger charge is -2.18. The number of amides is 1. The Morgan fingerprint density at radius 3 is 2.96 bits per heavy atom. The van der Waals surface area contributed by atoms with E-state index < -0.39 is 6.10 Å². The second-order valence-corrected chi connectivity index (χ2v) is 6.91. The molecule has 1 aromatic rings. The number of benzene rings is 1. The number of nitrogens with one attached hydrogen (secondary N) is 3. The first-order valence-electron chi connectivity index (χ1n) is 8.85. The molecule has 2 atom stereocenters. The van der Waals surface area contributed by atoms with Crippen LogP contribution in [0.5, 0.6) is 5.75 Å². The Balaban J connectivity index is 1.39. The third-order valence-corrected chi connectivity index (χ3v) is 4.81. The first kappa shape index (κ1) is 17.9. The molecule has 6 nitrogen and oxygen atoms in total. The Labute approximate surface area is 153 Å². The fourth-order valence-corrected chi connectivity index (χ4v) is 3.29. The van der Waals surface area contributed by atoms with Crippen LogP contribution in [0.4, 0.5) is 0 Å². The van der Waals surface area contributed by atoms with Crippen LogP contribution in [-0.2, 0) is 22.4 Å². The van der Waals surface area contributed by atoms with Crippen LogP contribution in [-0.4, -0.2) is 36.4 Å². The summed E-state index contributed by atoms with van der Waals surface area (Å²) in [6.45, 7) is 3.16. The van der Waals surface area contributed by atoms with Gasteiger partial charge in [0.2, 0.25) is 0 Å². The van der Waals surface area contributed by atoms with Crippen molar-refractivity contribution in [3.63, 3.8) is 0 Å². The molecule has 1 fully saturated rings. The predicted octanol–water partition coefficient (Wildman–Crippen LogP) is 1.62. The lowest BCUT2D eigenvalue weighted by atomic mass is 10.1. The molecule has 7 heteroatoms. The zero-order valence-corrected chi connectivity index (χ0v) is 15.3. The standard InChI is InChI=1S/C18H25N3O3S/c1-12(24-15-8-7-13-4-2-5-14(13)10-15)17(22)20-21-18(25)19-11-16-6-3-9-23-16/h7-8,10,12,16H,2-6,9,11H2,1H3,(H,20,22)(H2,19,21,25)/t12-,16-/m0/s1. The minimum absolute atomic E-state index is 0.192. The molecule has 25 heavy (non-hydrogen) atoms. The molecule has 0 unspecified atom stereocenters. The minimum Gasteiger partial charge on any atom is -0.481 e. The molecule has 0 spiro atoms. The van der Waals surface area contributed by atoms with Gasteiger partial charge in [-0.15, -0.1) is 0 Å². The maximum atomic E-state index is 12.1. The molecule has 3 rings (SSSR count). The highest BCUT2D eigenvalue weighted by Crippen LogP contribution is 2.26. The van der Waals surface area contributed by atoms with E-state index in [9.17, 15) is 4.79 Å². The molecule has 1 aliphatic carbocycles. The molecule has 0 bridgehead atoms. The Morgan fingerprint density at radius 2 is 2.16 bits per heavy atom. The van der Waals surface area contributed by atoms with Gasteiger partial charge in [-0.1, -0.05) is 6.07 Å². The molecule has 0 aromatic heterocycles. The topological polar surface area (TPSA) is 71.6 Å². The number of thiocarbonyl (C=S) groups is 1. The zero-order valence-electron chi connectivity index (χ0n) is 14.5. The molecule has 0 saturated carbocycles. The van der Waals surface area contributed by atoms with Crippen molar-refractivity contribution >= 4 is 23.2 Å². The van der Waals surface area contributed by atoms with Gasteiger partial charge in [0, 0.05) is 13.2 Å². The minimum atomic E-state index is -0.618. The van der Waals surface area contributed by atoms with Crippen LogP contribution in [0.15, 0.2) is 18.2 Å². The van der Waals surface area contributed by atoms with Gasteiger partial charge >= 0.3 is 0 Å². The van der Waals surface area contributed by atoms with Crippen molar-refractivity contribution in [2.75, 3.05) is 13.2 Å². The highest BCUT2D eigenvalue weighted by atomic mass is 32.1. The first-order chi connectivity index (χ1) is 12.1. The maximum absolute atomic E-state index is 12.1. The summed E-state index contributed by atoms with van der Waals surface area (Å²) in [6.07, 6.45) is 5.10. The predicted molar refractivity (Wildman–Crippen MR) is 99.4 cm³/mol. The molecule has 1 aromatic carbocycles. The first-order valence-corrected chi connectivity index (χ1v) is 9.26. The number of hydrogen-bond donors (Lipinski definition) is 3. The average Bonchev–Trinajstić information content (AvgIpc) is 3.28. The quantitative estimate of drug-likeness (QED) is 0.545. The third kappa shape index (κ3) is 5.06. The second-order valence-electron chi connectivity index (χ2n) is 6.50. The van der Waals surface area contributed by atoms with Gasteiger partial charge in [-0.3, -0.25) is 15.6 Å². The number of carbonyl (C=O) groups is 1. The summed E-state index contributed by atoms with van der Waals surface area (Å²) in [5.74, 6) is 0.448. The number of fused-ring (bicyclic) bond motifs is 1. The maximum Gasteiger partial charge on any atom is 0.279 e. The van der Waals surface area contributed by atoms with Crippen LogP contribution in [0.3, 0.4) is 0 Å². The molecule has 0 radical (unpaired) electrons. The van der Waals surface area contributed by atoms with E-state index in [1.807, 2.05) is 12.1 Å². The molecular formula is C18H25N3O3S. The number of carbonyl (C=O) groups excluding carboxylic acids is 1. The lowest BCUT2D eigenvalue weighted by molar-refractivity contribution is -0.127. The largest absolute Gasteiger partial charge is 0.481 e. The Morgan fingerprint density at radius 1 is 1.32 bits per heavy atom. The molecule has 1 saturated heterocycles. The van der Waals surface area contributed by atoms with E-state index in [-0.39, 0.29) is 12.0 Å². The summed E-state index contributed by atoms with van der Waals surface area (Å²) in [5, 5.41) is 3.41. The van der Waals surface area contributed by atoms with Crippen molar-refractivity contribution in [2.24, 2.45) is 0 Å². The monoisotopic (exact) mass is 363 g/mol. The summed E-state index contributed by atoms with van der Waals surface area (Å²) in [6, 6.07) is 6.05. The summed E-state index contributed by atoms with van der Waals surface area (Å²) in [5.41, 5.74) is 7.98. The number of hydrazine groups is 1. The number of ether oxygens (including phenoxy) is 2. The molecule has 1 aliphatic heterocycles. The van der Waals surface area contributed by atoms with E-state index in [1.165, 1.54) is 17.5 Å². The van der Waals surface area contributed by atoms with Crippen molar-refractivity contribution in [3.05, 3.63) is 29.3 Å². The average molecular weight is 363 g/mol.